The smallest absolute Gasteiger partial charge is 0.242 e. The topological polar surface area (TPSA) is 78.0 Å². The van der Waals surface area contributed by atoms with Crippen LogP contribution in [0.1, 0.15) is 19.8 Å². The summed E-state index contributed by atoms with van der Waals surface area (Å²) >= 11 is 0. The number of likely N-dealkylation sites (tertiary alicyclic amines) is 1. The van der Waals surface area contributed by atoms with E-state index < -0.39 is 0 Å². The zero-order valence-corrected chi connectivity index (χ0v) is 13.2. The number of piperazine rings is 1. The van der Waals surface area contributed by atoms with Crippen molar-refractivity contribution in [2.75, 3.05) is 32.7 Å². The summed E-state index contributed by atoms with van der Waals surface area (Å²) in [4.78, 5) is 52.8. The van der Waals surface area contributed by atoms with Crippen LogP contribution in [-0.2, 0) is 19.2 Å². The number of amides is 4. The largest absolute Gasteiger partial charge is 0.339 e. The lowest BCUT2D eigenvalue weighted by Crippen LogP contribution is -2.52. The maximum absolute atomic E-state index is 12.4. The van der Waals surface area contributed by atoms with Crippen LogP contribution in [-0.4, -0.2) is 71.1 Å². The molecule has 2 saturated heterocycles. The lowest BCUT2D eigenvalue weighted by Gasteiger charge is -2.34. The Kier molecular flexibility index (Phi) is 4.19. The predicted molar refractivity (Wildman–Crippen MR) is 80.9 cm³/mol. The van der Waals surface area contributed by atoms with Gasteiger partial charge >= 0.3 is 0 Å². The van der Waals surface area contributed by atoms with Gasteiger partial charge in [0.15, 0.2) is 0 Å². The molecule has 2 aliphatic heterocycles. The van der Waals surface area contributed by atoms with Crippen molar-refractivity contribution in [2.24, 2.45) is 11.8 Å². The van der Waals surface area contributed by atoms with Crippen LogP contribution in [0.25, 0.3) is 0 Å². The summed E-state index contributed by atoms with van der Waals surface area (Å²) in [5, 5.41) is 0. The van der Waals surface area contributed by atoms with Crippen LogP contribution in [0.5, 0.6) is 0 Å². The van der Waals surface area contributed by atoms with E-state index in [-0.39, 0.29) is 42.0 Å². The molecule has 0 N–H and O–H groups in total. The Morgan fingerprint density at radius 1 is 0.957 bits per heavy atom. The summed E-state index contributed by atoms with van der Waals surface area (Å²) in [6.07, 6.45) is 5.02. The van der Waals surface area contributed by atoms with Crippen LogP contribution in [0, 0.1) is 11.8 Å². The third-order valence-electron chi connectivity index (χ3n) is 4.97. The van der Waals surface area contributed by atoms with Crippen molar-refractivity contribution in [3.8, 4) is 0 Å². The average Bonchev–Trinajstić information content (AvgIpc) is 2.80. The molecule has 0 aromatic rings. The van der Waals surface area contributed by atoms with Gasteiger partial charge in [-0.2, -0.15) is 0 Å². The van der Waals surface area contributed by atoms with E-state index in [0.717, 1.165) is 4.90 Å². The molecule has 0 aromatic heterocycles. The number of fused-ring (bicyclic) bond motifs is 1. The molecule has 0 saturated carbocycles. The van der Waals surface area contributed by atoms with E-state index in [1.165, 1.54) is 6.92 Å². The van der Waals surface area contributed by atoms with Crippen molar-refractivity contribution in [1.82, 2.24) is 14.7 Å². The second-order valence-corrected chi connectivity index (χ2v) is 6.31. The van der Waals surface area contributed by atoms with Gasteiger partial charge in [0.25, 0.3) is 0 Å². The van der Waals surface area contributed by atoms with Gasteiger partial charge in [0, 0.05) is 33.1 Å². The Morgan fingerprint density at radius 3 is 1.91 bits per heavy atom. The molecule has 0 radical (unpaired) electrons. The van der Waals surface area contributed by atoms with Gasteiger partial charge in [-0.25, -0.2) is 0 Å². The van der Waals surface area contributed by atoms with Gasteiger partial charge in [-0.15, -0.1) is 0 Å². The molecule has 2 fully saturated rings. The van der Waals surface area contributed by atoms with Gasteiger partial charge in [-0.05, 0) is 12.8 Å². The number of rotatable bonds is 2. The molecule has 3 aliphatic rings. The van der Waals surface area contributed by atoms with Crippen molar-refractivity contribution in [3.63, 3.8) is 0 Å². The van der Waals surface area contributed by atoms with Crippen molar-refractivity contribution in [1.29, 1.82) is 0 Å². The molecule has 2 atom stereocenters. The van der Waals surface area contributed by atoms with Gasteiger partial charge in [0.1, 0.15) is 6.54 Å². The Balaban J connectivity index is 1.59. The van der Waals surface area contributed by atoms with Crippen LogP contribution in [0.3, 0.4) is 0 Å². The van der Waals surface area contributed by atoms with E-state index in [1.807, 2.05) is 12.2 Å². The van der Waals surface area contributed by atoms with Gasteiger partial charge in [-0.3, -0.25) is 24.1 Å². The first-order chi connectivity index (χ1) is 11.0. The molecular formula is C16H21N3O4. The van der Waals surface area contributed by atoms with E-state index in [2.05, 4.69) is 0 Å². The van der Waals surface area contributed by atoms with E-state index in [9.17, 15) is 19.2 Å². The Hall–Kier alpha value is -2.18. The third-order valence-corrected chi connectivity index (χ3v) is 4.97. The van der Waals surface area contributed by atoms with Crippen LogP contribution < -0.4 is 0 Å². The first-order valence-electron chi connectivity index (χ1n) is 8.02. The number of allylic oxidation sites excluding steroid dienone is 2. The predicted octanol–water partition coefficient (Wildman–Crippen LogP) is -0.372. The quantitative estimate of drug-likeness (QED) is 0.514. The van der Waals surface area contributed by atoms with E-state index in [0.29, 0.717) is 39.0 Å². The second kappa shape index (κ2) is 6.14. The number of carbonyl (C=O) groups excluding carboxylic acids is 4. The standard InChI is InChI=1S/C16H21N3O4/c1-11(20)17-6-8-18(9-7-17)14(21)10-19-15(22)12-4-2-3-5-13(12)16(19)23/h2-3,12-13H,4-10H2,1H3/t12-,13-/m1/s1. The molecule has 0 aromatic carbocycles. The number of imide groups is 1. The molecule has 7 nitrogen and oxygen atoms in total. The molecule has 0 bridgehead atoms. The summed E-state index contributed by atoms with van der Waals surface area (Å²) in [6, 6.07) is 0. The molecule has 2 heterocycles. The minimum Gasteiger partial charge on any atom is -0.339 e. The van der Waals surface area contributed by atoms with Crippen LogP contribution >= 0.6 is 0 Å². The zero-order chi connectivity index (χ0) is 16.6. The lowest BCUT2D eigenvalue weighted by atomic mass is 9.85. The molecule has 124 valence electrons. The first-order valence-corrected chi connectivity index (χ1v) is 8.02. The maximum atomic E-state index is 12.4. The molecule has 4 amide bonds. The number of carbonyl (C=O) groups is 4. The van der Waals surface area contributed by atoms with Gasteiger partial charge in [-0.1, -0.05) is 12.2 Å². The highest BCUT2D eigenvalue weighted by Gasteiger charge is 2.47. The van der Waals surface area contributed by atoms with Crippen LogP contribution in [0.4, 0.5) is 0 Å². The van der Waals surface area contributed by atoms with Gasteiger partial charge < -0.3 is 9.80 Å². The zero-order valence-electron chi connectivity index (χ0n) is 13.2. The van der Waals surface area contributed by atoms with Gasteiger partial charge in [0.2, 0.25) is 23.6 Å². The molecule has 23 heavy (non-hydrogen) atoms. The summed E-state index contributed by atoms with van der Waals surface area (Å²) in [5.41, 5.74) is 0. The summed E-state index contributed by atoms with van der Waals surface area (Å²) < 4.78 is 0. The highest BCUT2D eigenvalue weighted by molar-refractivity contribution is 6.07. The van der Waals surface area contributed by atoms with Crippen LogP contribution in [0.15, 0.2) is 12.2 Å². The summed E-state index contributed by atoms with van der Waals surface area (Å²) in [7, 11) is 0. The van der Waals surface area contributed by atoms with Crippen molar-refractivity contribution in [2.45, 2.75) is 19.8 Å². The van der Waals surface area contributed by atoms with Crippen LogP contribution in [0.2, 0.25) is 0 Å². The minimum absolute atomic E-state index is 0.00132. The number of hydrogen-bond acceptors (Lipinski definition) is 4. The molecular weight excluding hydrogens is 298 g/mol. The highest BCUT2D eigenvalue weighted by atomic mass is 16.2. The number of hydrogen-bond donors (Lipinski definition) is 0. The maximum Gasteiger partial charge on any atom is 0.242 e. The fourth-order valence-corrected chi connectivity index (χ4v) is 3.53. The lowest BCUT2D eigenvalue weighted by molar-refractivity contribution is -0.147. The molecule has 3 rings (SSSR count). The molecule has 0 unspecified atom stereocenters. The van der Waals surface area contributed by atoms with Crippen molar-refractivity contribution < 1.29 is 19.2 Å². The van der Waals surface area contributed by atoms with E-state index in [1.54, 1.807) is 9.80 Å². The Bertz CT molecular complexity index is 552. The van der Waals surface area contributed by atoms with Gasteiger partial charge in [0.05, 0.1) is 11.8 Å². The Labute approximate surface area is 134 Å². The molecule has 7 heteroatoms. The minimum atomic E-state index is -0.296. The molecule has 1 aliphatic carbocycles. The normalized spacial score (nSPS) is 27.4. The van der Waals surface area contributed by atoms with Crippen molar-refractivity contribution >= 4 is 23.6 Å². The monoisotopic (exact) mass is 319 g/mol. The second-order valence-electron chi connectivity index (χ2n) is 6.31. The van der Waals surface area contributed by atoms with E-state index in [4.69, 9.17) is 0 Å². The fraction of sp³-hybridized carbons (Fsp3) is 0.625. The van der Waals surface area contributed by atoms with E-state index >= 15 is 0 Å². The SMILES string of the molecule is CC(=O)N1CCN(C(=O)CN2C(=O)[C@@H]3CC=CC[C@H]3C2=O)CC1. The summed E-state index contributed by atoms with van der Waals surface area (Å²) in [5.74, 6) is -1.26. The number of nitrogens with zero attached hydrogens (tertiary/aromatic N) is 3. The average molecular weight is 319 g/mol. The summed E-state index contributed by atoms with van der Waals surface area (Å²) in [6.45, 7) is 3.22. The fourth-order valence-electron chi connectivity index (χ4n) is 3.53. The first kappa shape index (κ1) is 15.7. The highest BCUT2D eigenvalue weighted by Crippen LogP contribution is 2.34. The Morgan fingerprint density at radius 2 is 1.43 bits per heavy atom. The van der Waals surface area contributed by atoms with Crippen molar-refractivity contribution in [3.05, 3.63) is 12.2 Å². The molecule has 0 spiro atoms. The third kappa shape index (κ3) is 2.87.